The fraction of sp³-hybridized carbons (Fsp3) is 0.167. The number of halogens is 2. The first-order chi connectivity index (χ1) is 8.99. The third-order valence-electron chi connectivity index (χ3n) is 2.68. The molecule has 3 N–H and O–H groups in total. The molecule has 19 heavy (non-hydrogen) atoms. The van der Waals surface area contributed by atoms with Crippen LogP contribution in [0, 0.1) is 11.6 Å². The first-order valence-electron chi connectivity index (χ1n) is 5.48. The van der Waals surface area contributed by atoms with Gasteiger partial charge >= 0.3 is 0 Å². The lowest BCUT2D eigenvalue weighted by Crippen LogP contribution is -2.25. The van der Waals surface area contributed by atoms with Gasteiger partial charge in [-0.2, -0.15) is 5.10 Å². The van der Waals surface area contributed by atoms with E-state index in [1.54, 1.807) is 24.0 Å². The SMILES string of the molecule is Cn1nccc1CNC(=O)c1cc(N)c(F)cc1F. The fourth-order valence-electron chi connectivity index (χ4n) is 1.58. The van der Waals surface area contributed by atoms with Crippen molar-refractivity contribution in [1.29, 1.82) is 0 Å². The summed E-state index contributed by atoms with van der Waals surface area (Å²) >= 11 is 0. The number of anilines is 1. The normalized spacial score (nSPS) is 10.5. The predicted molar refractivity (Wildman–Crippen MR) is 65.1 cm³/mol. The van der Waals surface area contributed by atoms with Crippen LogP contribution in [0.1, 0.15) is 16.1 Å². The minimum absolute atomic E-state index is 0.187. The highest BCUT2D eigenvalue weighted by Gasteiger charge is 2.15. The van der Waals surface area contributed by atoms with Gasteiger partial charge in [0.2, 0.25) is 0 Å². The van der Waals surface area contributed by atoms with E-state index in [-0.39, 0.29) is 17.8 Å². The highest BCUT2D eigenvalue weighted by Crippen LogP contribution is 2.16. The summed E-state index contributed by atoms with van der Waals surface area (Å²) in [6, 6.07) is 3.28. The lowest BCUT2D eigenvalue weighted by atomic mass is 10.1. The van der Waals surface area contributed by atoms with E-state index < -0.39 is 17.5 Å². The second-order valence-corrected chi connectivity index (χ2v) is 3.98. The second-order valence-electron chi connectivity index (χ2n) is 3.98. The Balaban J connectivity index is 2.12. The van der Waals surface area contributed by atoms with Crippen molar-refractivity contribution in [3.05, 3.63) is 47.3 Å². The Morgan fingerprint density at radius 2 is 2.16 bits per heavy atom. The first-order valence-corrected chi connectivity index (χ1v) is 5.48. The number of nitrogens with zero attached hydrogens (tertiary/aromatic N) is 2. The molecule has 0 radical (unpaired) electrons. The van der Waals surface area contributed by atoms with Crippen molar-refractivity contribution in [2.24, 2.45) is 7.05 Å². The number of carbonyl (C=O) groups is 1. The molecule has 1 heterocycles. The number of nitrogens with one attached hydrogen (secondary N) is 1. The van der Waals surface area contributed by atoms with Crippen molar-refractivity contribution in [3.8, 4) is 0 Å². The molecule has 2 rings (SSSR count). The lowest BCUT2D eigenvalue weighted by Gasteiger charge is -2.07. The maximum Gasteiger partial charge on any atom is 0.254 e. The number of rotatable bonds is 3. The molecule has 2 aromatic rings. The zero-order valence-corrected chi connectivity index (χ0v) is 10.2. The molecule has 0 aliphatic rings. The molecular weight excluding hydrogens is 254 g/mol. The van der Waals surface area contributed by atoms with E-state index >= 15 is 0 Å². The lowest BCUT2D eigenvalue weighted by molar-refractivity contribution is 0.0946. The maximum atomic E-state index is 13.5. The molecule has 0 saturated carbocycles. The fourth-order valence-corrected chi connectivity index (χ4v) is 1.58. The quantitative estimate of drug-likeness (QED) is 0.820. The third kappa shape index (κ3) is 2.70. The molecule has 5 nitrogen and oxygen atoms in total. The van der Waals surface area contributed by atoms with Gasteiger partial charge in [-0.25, -0.2) is 8.78 Å². The molecule has 0 saturated heterocycles. The van der Waals surface area contributed by atoms with Crippen molar-refractivity contribution in [1.82, 2.24) is 15.1 Å². The predicted octanol–water partition coefficient (Wildman–Crippen LogP) is 1.21. The number of hydrogen-bond acceptors (Lipinski definition) is 3. The van der Waals surface area contributed by atoms with Gasteiger partial charge in [0.15, 0.2) is 0 Å². The van der Waals surface area contributed by atoms with Crippen LogP contribution in [-0.2, 0) is 13.6 Å². The summed E-state index contributed by atoms with van der Waals surface area (Å²) in [5.74, 6) is -2.50. The summed E-state index contributed by atoms with van der Waals surface area (Å²) in [6.45, 7) is 0.187. The van der Waals surface area contributed by atoms with E-state index in [9.17, 15) is 13.6 Å². The van der Waals surface area contributed by atoms with Crippen molar-refractivity contribution in [3.63, 3.8) is 0 Å². The Labute approximate surface area is 108 Å². The van der Waals surface area contributed by atoms with E-state index in [0.29, 0.717) is 6.07 Å². The smallest absolute Gasteiger partial charge is 0.254 e. The topological polar surface area (TPSA) is 72.9 Å². The Morgan fingerprint density at radius 1 is 1.42 bits per heavy atom. The molecule has 0 aliphatic heterocycles. The molecule has 0 atom stereocenters. The first kappa shape index (κ1) is 13.0. The van der Waals surface area contributed by atoms with Crippen LogP contribution in [0.5, 0.6) is 0 Å². The Morgan fingerprint density at radius 3 is 2.79 bits per heavy atom. The van der Waals surface area contributed by atoms with Crippen molar-refractivity contribution < 1.29 is 13.6 Å². The van der Waals surface area contributed by atoms with Gasteiger partial charge in [0.1, 0.15) is 11.6 Å². The average Bonchev–Trinajstić information content (AvgIpc) is 2.76. The number of hydrogen-bond donors (Lipinski definition) is 2. The Kier molecular flexibility index (Phi) is 3.46. The van der Waals surface area contributed by atoms with Crippen LogP contribution in [0.4, 0.5) is 14.5 Å². The molecule has 7 heteroatoms. The van der Waals surface area contributed by atoms with E-state index in [0.717, 1.165) is 11.8 Å². The second kappa shape index (κ2) is 5.05. The van der Waals surface area contributed by atoms with E-state index in [4.69, 9.17) is 5.73 Å². The van der Waals surface area contributed by atoms with Crippen molar-refractivity contribution in [2.45, 2.75) is 6.54 Å². The van der Waals surface area contributed by atoms with Crippen LogP contribution < -0.4 is 11.1 Å². The number of aryl methyl sites for hydroxylation is 1. The number of nitrogen functional groups attached to an aromatic ring is 1. The van der Waals surface area contributed by atoms with E-state index in [1.807, 2.05) is 0 Å². The minimum Gasteiger partial charge on any atom is -0.396 e. The molecule has 0 unspecified atom stereocenters. The van der Waals surface area contributed by atoms with Gasteiger partial charge in [-0.3, -0.25) is 9.48 Å². The van der Waals surface area contributed by atoms with Gasteiger partial charge < -0.3 is 11.1 Å². The molecule has 1 aromatic heterocycles. The van der Waals surface area contributed by atoms with Crippen molar-refractivity contribution in [2.75, 3.05) is 5.73 Å². The van der Waals surface area contributed by atoms with E-state index in [1.165, 1.54) is 0 Å². The molecule has 100 valence electrons. The molecule has 1 amide bonds. The van der Waals surface area contributed by atoms with Gasteiger partial charge in [0.05, 0.1) is 23.5 Å². The zero-order valence-electron chi connectivity index (χ0n) is 10.2. The average molecular weight is 266 g/mol. The highest BCUT2D eigenvalue weighted by atomic mass is 19.1. The monoisotopic (exact) mass is 266 g/mol. The van der Waals surface area contributed by atoms with Crippen LogP contribution in [0.15, 0.2) is 24.4 Å². The summed E-state index contributed by atoms with van der Waals surface area (Å²) in [5, 5.41) is 6.44. The van der Waals surface area contributed by atoms with Gasteiger partial charge in [-0.05, 0) is 12.1 Å². The molecule has 0 fully saturated rings. The highest BCUT2D eigenvalue weighted by molar-refractivity contribution is 5.95. The number of nitrogens with two attached hydrogens (primary N) is 1. The van der Waals surface area contributed by atoms with Gasteiger partial charge in [0, 0.05) is 19.3 Å². The standard InChI is InChI=1S/C12H12F2N4O/c1-18-7(2-3-17-18)6-16-12(19)8-4-11(15)10(14)5-9(8)13/h2-5H,6,15H2,1H3,(H,16,19). The minimum atomic E-state index is -0.950. The van der Waals surface area contributed by atoms with Gasteiger partial charge in [-0.15, -0.1) is 0 Å². The molecule has 0 aliphatic carbocycles. The summed E-state index contributed by atoms with van der Waals surface area (Å²) < 4.78 is 28.0. The largest absolute Gasteiger partial charge is 0.396 e. The molecular formula is C12H12F2N4O. The maximum absolute atomic E-state index is 13.5. The Hall–Kier alpha value is -2.44. The summed E-state index contributed by atoms with van der Waals surface area (Å²) in [5.41, 5.74) is 5.50. The van der Waals surface area contributed by atoms with Crippen LogP contribution in [0.25, 0.3) is 0 Å². The van der Waals surface area contributed by atoms with Gasteiger partial charge in [0.25, 0.3) is 5.91 Å². The summed E-state index contributed by atoms with van der Waals surface area (Å²) in [6.07, 6.45) is 1.58. The van der Waals surface area contributed by atoms with Crippen molar-refractivity contribution >= 4 is 11.6 Å². The third-order valence-corrected chi connectivity index (χ3v) is 2.68. The summed E-state index contributed by atoms with van der Waals surface area (Å²) in [7, 11) is 1.72. The molecule has 0 spiro atoms. The molecule has 1 aromatic carbocycles. The Bertz CT molecular complexity index is 624. The van der Waals surface area contributed by atoms with Crippen LogP contribution in [-0.4, -0.2) is 15.7 Å². The number of amides is 1. The number of aromatic nitrogens is 2. The summed E-state index contributed by atoms with van der Waals surface area (Å²) in [4.78, 5) is 11.8. The van der Waals surface area contributed by atoms with Crippen LogP contribution in [0.3, 0.4) is 0 Å². The number of benzene rings is 1. The van der Waals surface area contributed by atoms with Crippen LogP contribution >= 0.6 is 0 Å². The van der Waals surface area contributed by atoms with Gasteiger partial charge in [-0.1, -0.05) is 0 Å². The number of carbonyl (C=O) groups excluding carboxylic acids is 1. The molecule has 0 bridgehead atoms. The van der Waals surface area contributed by atoms with E-state index in [2.05, 4.69) is 10.4 Å². The van der Waals surface area contributed by atoms with Crippen LogP contribution in [0.2, 0.25) is 0 Å². The zero-order chi connectivity index (χ0) is 14.0.